The molecule has 3 rings (SSSR count). The van der Waals surface area contributed by atoms with Crippen LogP contribution in [0.2, 0.25) is 0 Å². The van der Waals surface area contributed by atoms with Gasteiger partial charge in [-0.2, -0.15) is 0 Å². The largest absolute Gasteiger partial charge is 0.358 e. The highest BCUT2D eigenvalue weighted by Crippen LogP contribution is 2.36. The van der Waals surface area contributed by atoms with Crippen molar-refractivity contribution in [3.05, 3.63) is 59.3 Å². The van der Waals surface area contributed by atoms with Crippen molar-refractivity contribution in [3.63, 3.8) is 0 Å². The Morgan fingerprint density at radius 2 is 1.58 bits per heavy atom. The lowest BCUT2D eigenvalue weighted by molar-refractivity contribution is 1.07. The van der Waals surface area contributed by atoms with E-state index in [9.17, 15) is 0 Å². The first-order valence-electron chi connectivity index (χ1n) is 6.88. The average molecular weight is 249 g/mol. The Bertz CT molecular complexity index is 720. The number of H-pyrrole nitrogens is 1. The van der Waals surface area contributed by atoms with E-state index < -0.39 is 0 Å². The molecule has 0 saturated heterocycles. The molecule has 0 aliphatic heterocycles. The van der Waals surface area contributed by atoms with Crippen LogP contribution in [0.3, 0.4) is 0 Å². The summed E-state index contributed by atoms with van der Waals surface area (Å²) in [4.78, 5) is 3.62. The molecule has 1 heteroatoms. The van der Waals surface area contributed by atoms with E-state index in [1.54, 1.807) is 0 Å². The maximum atomic E-state index is 3.62. The lowest BCUT2D eigenvalue weighted by Gasteiger charge is -2.05. The van der Waals surface area contributed by atoms with Crippen molar-refractivity contribution in [2.75, 3.05) is 0 Å². The average Bonchev–Trinajstić information content (AvgIpc) is 2.84. The van der Waals surface area contributed by atoms with Crippen LogP contribution < -0.4 is 0 Å². The minimum absolute atomic E-state index is 1.03. The van der Waals surface area contributed by atoms with E-state index in [2.05, 4.69) is 68.2 Å². The topological polar surface area (TPSA) is 15.8 Å². The quantitative estimate of drug-likeness (QED) is 0.656. The third-order valence-corrected chi connectivity index (χ3v) is 3.87. The molecule has 0 bridgehead atoms. The van der Waals surface area contributed by atoms with Crippen LogP contribution in [0, 0.1) is 13.8 Å². The zero-order chi connectivity index (χ0) is 13.4. The van der Waals surface area contributed by atoms with E-state index in [1.807, 2.05) is 0 Å². The minimum atomic E-state index is 1.03. The van der Waals surface area contributed by atoms with E-state index in [-0.39, 0.29) is 0 Å². The summed E-state index contributed by atoms with van der Waals surface area (Å²) in [5.41, 5.74) is 7.96. The number of aromatic nitrogens is 1. The second-order valence-corrected chi connectivity index (χ2v) is 5.15. The highest BCUT2D eigenvalue weighted by atomic mass is 14.7. The third kappa shape index (κ3) is 1.86. The number of hydrogen-bond donors (Lipinski definition) is 1. The van der Waals surface area contributed by atoms with Crippen molar-refractivity contribution < 1.29 is 0 Å². The second-order valence-electron chi connectivity index (χ2n) is 5.15. The molecule has 0 saturated carbocycles. The Morgan fingerprint density at radius 3 is 2.26 bits per heavy atom. The first kappa shape index (κ1) is 12.0. The molecule has 0 amide bonds. The van der Waals surface area contributed by atoms with Gasteiger partial charge in [-0.05, 0) is 37.0 Å². The molecule has 0 spiro atoms. The summed E-state index contributed by atoms with van der Waals surface area (Å²) >= 11 is 0. The van der Waals surface area contributed by atoms with Crippen molar-refractivity contribution in [1.82, 2.24) is 4.98 Å². The van der Waals surface area contributed by atoms with Crippen LogP contribution in [-0.2, 0) is 6.42 Å². The summed E-state index contributed by atoms with van der Waals surface area (Å²) in [6.45, 7) is 6.58. The van der Waals surface area contributed by atoms with Crippen molar-refractivity contribution in [3.8, 4) is 11.1 Å². The van der Waals surface area contributed by atoms with Gasteiger partial charge in [0.05, 0.1) is 0 Å². The molecule has 96 valence electrons. The van der Waals surface area contributed by atoms with E-state index in [0.29, 0.717) is 0 Å². The predicted octanol–water partition coefficient (Wildman–Crippen LogP) is 5.01. The lowest BCUT2D eigenvalue weighted by Crippen LogP contribution is -1.85. The SMILES string of the molecule is CCc1[nH]c2c(C)ccc(C)c2c1-c1ccccc1. The predicted molar refractivity (Wildman–Crippen MR) is 82.6 cm³/mol. The Hall–Kier alpha value is -2.02. The molecular formula is C18H19N. The zero-order valence-corrected chi connectivity index (χ0v) is 11.7. The van der Waals surface area contributed by atoms with Crippen molar-refractivity contribution in [2.45, 2.75) is 27.2 Å². The number of nitrogens with one attached hydrogen (secondary N) is 1. The highest BCUT2D eigenvalue weighted by Gasteiger charge is 2.14. The van der Waals surface area contributed by atoms with Crippen LogP contribution in [0.4, 0.5) is 0 Å². The van der Waals surface area contributed by atoms with Crippen LogP contribution in [0.15, 0.2) is 42.5 Å². The van der Waals surface area contributed by atoms with Gasteiger partial charge in [0.25, 0.3) is 0 Å². The molecule has 0 aliphatic carbocycles. The molecule has 3 aromatic rings. The standard InChI is InChI=1S/C18H19N/c1-4-15-17(14-8-6-5-7-9-14)16-12(2)10-11-13(3)18(16)19-15/h5-11,19H,4H2,1-3H3. The molecule has 0 aliphatic rings. The molecular weight excluding hydrogens is 230 g/mol. The van der Waals surface area contributed by atoms with Gasteiger partial charge in [-0.3, -0.25) is 0 Å². The summed E-state index contributed by atoms with van der Waals surface area (Å²) in [6.07, 6.45) is 1.03. The lowest BCUT2D eigenvalue weighted by atomic mass is 9.97. The molecule has 1 heterocycles. The third-order valence-electron chi connectivity index (χ3n) is 3.87. The Balaban J connectivity index is 2.43. The summed E-state index contributed by atoms with van der Waals surface area (Å²) in [5, 5.41) is 1.38. The first-order valence-corrected chi connectivity index (χ1v) is 6.88. The fourth-order valence-corrected chi connectivity index (χ4v) is 2.85. The molecule has 1 nitrogen and oxygen atoms in total. The van der Waals surface area contributed by atoms with Crippen LogP contribution in [-0.4, -0.2) is 4.98 Å². The molecule has 19 heavy (non-hydrogen) atoms. The van der Waals surface area contributed by atoms with Gasteiger partial charge in [-0.15, -0.1) is 0 Å². The fraction of sp³-hybridized carbons (Fsp3) is 0.222. The van der Waals surface area contributed by atoms with E-state index in [1.165, 1.54) is 38.9 Å². The molecule has 2 aromatic carbocycles. The maximum Gasteiger partial charge on any atom is 0.0494 e. The van der Waals surface area contributed by atoms with E-state index >= 15 is 0 Å². The number of aryl methyl sites for hydroxylation is 3. The first-order chi connectivity index (χ1) is 9.22. The number of aromatic amines is 1. The zero-order valence-electron chi connectivity index (χ0n) is 11.7. The Labute approximate surface area is 114 Å². The van der Waals surface area contributed by atoms with E-state index in [0.717, 1.165) is 6.42 Å². The van der Waals surface area contributed by atoms with Gasteiger partial charge in [0.15, 0.2) is 0 Å². The summed E-state index contributed by atoms with van der Waals surface area (Å²) in [6, 6.07) is 15.1. The molecule has 0 unspecified atom stereocenters. The van der Waals surface area contributed by atoms with Crippen molar-refractivity contribution in [1.29, 1.82) is 0 Å². The second kappa shape index (κ2) is 4.58. The fourth-order valence-electron chi connectivity index (χ4n) is 2.85. The van der Waals surface area contributed by atoms with Gasteiger partial charge in [0.2, 0.25) is 0 Å². The number of benzene rings is 2. The van der Waals surface area contributed by atoms with Gasteiger partial charge in [0, 0.05) is 22.2 Å². The Morgan fingerprint density at radius 1 is 0.895 bits per heavy atom. The van der Waals surface area contributed by atoms with Crippen LogP contribution in [0.5, 0.6) is 0 Å². The van der Waals surface area contributed by atoms with Crippen LogP contribution in [0.1, 0.15) is 23.7 Å². The minimum Gasteiger partial charge on any atom is -0.358 e. The number of rotatable bonds is 2. The molecule has 1 aromatic heterocycles. The number of hydrogen-bond acceptors (Lipinski definition) is 0. The molecule has 1 N–H and O–H groups in total. The Kier molecular flexibility index (Phi) is 2.90. The van der Waals surface area contributed by atoms with Gasteiger partial charge >= 0.3 is 0 Å². The number of fused-ring (bicyclic) bond motifs is 1. The summed E-state index contributed by atoms with van der Waals surface area (Å²) in [5.74, 6) is 0. The van der Waals surface area contributed by atoms with Gasteiger partial charge in [-0.1, -0.05) is 49.4 Å². The van der Waals surface area contributed by atoms with Gasteiger partial charge < -0.3 is 4.98 Å². The highest BCUT2D eigenvalue weighted by molar-refractivity contribution is 6.01. The monoisotopic (exact) mass is 249 g/mol. The van der Waals surface area contributed by atoms with E-state index in [4.69, 9.17) is 0 Å². The summed E-state index contributed by atoms with van der Waals surface area (Å²) in [7, 11) is 0. The van der Waals surface area contributed by atoms with Crippen LogP contribution in [0.25, 0.3) is 22.0 Å². The maximum absolute atomic E-state index is 3.62. The molecule has 0 radical (unpaired) electrons. The smallest absolute Gasteiger partial charge is 0.0494 e. The van der Waals surface area contributed by atoms with Crippen molar-refractivity contribution in [2.24, 2.45) is 0 Å². The molecule has 0 fully saturated rings. The van der Waals surface area contributed by atoms with Crippen molar-refractivity contribution >= 4 is 10.9 Å². The van der Waals surface area contributed by atoms with Gasteiger partial charge in [0.1, 0.15) is 0 Å². The van der Waals surface area contributed by atoms with Crippen LogP contribution >= 0.6 is 0 Å². The summed E-state index contributed by atoms with van der Waals surface area (Å²) < 4.78 is 0. The molecule has 0 atom stereocenters. The normalized spacial score (nSPS) is 11.1. The van der Waals surface area contributed by atoms with Gasteiger partial charge in [-0.25, -0.2) is 0 Å².